The van der Waals surface area contributed by atoms with Crippen molar-refractivity contribution >= 4 is 29.7 Å². The topological polar surface area (TPSA) is 79.0 Å². The highest BCUT2D eigenvalue weighted by molar-refractivity contribution is 6.00. The number of benzene rings is 2. The number of carbonyl (C=O) groups excluding carboxylic acids is 3. The maximum atomic E-state index is 12.3. The zero-order valence-electron chi connectivity index (χ0n) is 15.0. The number of methoxy groups -OCH3 is 1. The Labute approximate surface area is 157 Å². The molecule has 140 valence electrons. The molecule has 2 aromatic rings. The normalized spacial score (nSPS) is 16.3. The van der Waals surface area contributed by atoms with Crippen LogP contribution in [0.3, 0.4) is 0 Å². The van der Waals surface area contributed by atoms with Crippen molar-refractivity contribution < 1.29 is 19.1 Å². The van der Waals surface area contributed by atoms with E-state index < -0.39 is 5.92 Å². The Bertz CT molecular complexity index is 825. The fraction of sp³-hybridized carbons (Fsp3) is 0.250. The molecule has 0 saturated carbocycles. The molecule has 3 rings (SSSR count). The Morgan fingerprint density at radius 2 is 2.04 bits per heavy atom. The van der Waals surface area contributed by atoms with E-state index in [4.69, 9.17) is 4.74 Å². The van der Waals surface area contributed by atoms with Crippen molar-refractivity contribution in [3.05, 3.63) is 60.2 Å². The first-order valence-corrected chi connectivity index (χ1v) is 8.62. The third kappa shape index (κ3) is 4.32. The number of amides is 2. The zero-order valence-corrected chi connectivity index (χ0v) is 15.0. The SMILES string of the molecule is COC(=O)C1CC(=O)N(c2cccc(N(C=O)NCc3ccccc3)c2)C1. The standard InChI is InChI=1S/C20H21N3O4/c1-27-20(26)16-10-19(25)22(13-16)17-8-5-9-18(11-17)23(14-24)21-12-15-6-3-2-4-7-15/h2-9,11,14,16,21H,10,12-13H2,1H3. The van der Waals surface area contributed by atoms with Crippen molar-refractivity contribution in [2.75, 3.05) is 23.6 Å². The second kappa shape index (κ2) is 8.46. The van der Waals surface area contributed by atoms with Crippen molar-refractivity contribution in [3.63, 3.8) is 0 Å². The van der Waals surface area contributed by atoms with Gasteiger partial charge in [-0.25, -0.2) is 10.4 Å². The maximum Gasteiger partial charge on any atom is 0.311 e. The number of nitrogens with zero attached hydrogens (tertiary/aromatic N) is 2. The van der Waals surface area contributed by atoms with Gasteiger partial charge in [-0.05, 0) is 23.8 Å². The summed E-state index contributed by atoms with van der Waals surface area (Å²) in [6.07, 6.45) is 0.811. The van der Waals surface area contributed by atoms with Gasteiger partial charge in [-0.15, -0.1) is 0 Å². The summed E-state index contributed by atoms with van der Waals surface area (Å²) in [7, 11) is 1.32. The van der Waals surface area contributed by atoms with Gasteiger partial charge in [0.05, 0.1) is 18.7 Å². The lowest BCUT2D eigenvalue weighted by molar-refractivity contribution is -0.145. The molecule has 0 radical (unpaired) electrons. The summed E-state index contributed by atoms with van der Waals surface area (Å²) in [5.41, 5.74) is 5.33. The first kappa shape index (κ1) is 18.6. The van der Waals surface area contributed by atoms with Crippen LogP contribution in [0.5, 0.6) is 0 Å². The fourth-order valence-corrected chi connectivity index (χ4v) is 3.05. The van der Waals surface area contributed by atoms with E-state index in [1.54, 1.807) is 29.2 Å². The number of carbonyl (C=O) groups is 3. The number of hydrogen-bond acceptors (Lipinski definition) is 5. The second-order valence-corrected chi connectivity index (χ2v) is 6.24. The molecule has 7 nitrogen and oxygen atoms in total. The minimum absolute atomic E-state index is 0.126. The van der Waals surface area contributed by atoms with Gasteiger partial charge < -0.3 is 9.64 Å². The molecule has 1 atom stereocenters. The number of rotatable bonds is 7. The molecule has 0 bridgehead atoms. The van der Waals surface area contributed by atoms with Crippen molar-refractivity contribution in [2.45, 2.75) is 13.0 Å². The van der Waals surface area contributed by atoms with Crippen LogP contribution in [-0.4, -0.2) is 31.9 Å². The molecule has 1 aliphatic heterocycles. The Kier molecular flexibility index (Phi) is 5.83. The second-order valence-electron chi connectivity index (χ2n) is 6.24. The Morgan fingerprint density at radius 1 is 1.26 bits per heavy atom. The molecular weight excluding hydrogens is 346 g/mol. The molecule has 0 aliphatic carbocycles. The Morgan fingerprint density at radius 3 is 2.74 bits per heavy atom. The van der Waals surface area contributed by atoms with E-state index in [2.05, 4.69) is 5.43 Å². The molecule has 7 heteroatoms. The van der Waals surface area contributed by atoms with E-state index in [-0.39, 0.29) is 24.8 Å². The van der Waals surface area contributed by atoms with Crippen molar-refractivity contribution in [2.24, 2.45) is 5.92 Å². The molecule has 1 unspecified atom stereocenters. The molecule has 0 aromatic heterocycles. The van der Waals surface area contributed by atoms with E-state index in [0.29, 0.717) is 24.3 Å². The molecule has 0 spiro atoms. The number of ether oxygens (including phenoxy) is 1. The highest BCUT2D eigenvalue weighted by Gasteiger charge is 2.35. The first-order valence-electron chi connectivity index (χ1n) is 8.62. The van der Waals surface area contributed by atoms with Crippen LogP contribution in [0.1, 0.15) is 12.0 Å². The van der Waals surface area contributed by atoms with Crippen LogP contribution >= 0.6 is 0 Å². The number of anilines is 2. The van der Waals surface area contributed by atoms with Crippen molar-refractivity contribution in [3.8, 4) is 0 Å². The Hall–Kier alpha value is -3.19. The van der Waals surface area contributed by atoms with Crippen LogP contribution < -0.4 is 15.3 Å². The highest BCUT2D eigenvalue weighted by atomic mass is 16.5. The molecule has 1 aliphatic rings. The van der Waals surface area contributed by atoms with E-state index in [1.165, 1.54) is 12.1 Å². The summed E-state index contributed by atoms with van der Waals surface area (Å²) < 4.78 is 4.74. The lowest BCUT2D eigenvalue weighted by Gasteiger charge is -2.22. The van der Waals surface area contributed by atoms with Gasteiger partial charge in [-0.3, -0.25) is 14.4 Å². The van der Waals surface area contributed by atoms with E-state index in [0.717, 1.165) is 5.56 Å². The molecule has 1 fully saturated rings. The van der Waals surface area contributed by atoms with Gasteiger partial charge in [-0.1, -0.05) is 36.4 Å². The summed E-state index contributed by atoms with van der Waals surface area (Å²) in [5.74, 6) is -0.997. The minimum atomic E-state index is -0.468. The van der Waals surface area contributed by atoms with E-state index >= 15 is 0 Å². The quantitative estimate of drug-likeness (QED) is 0.459. The van der Waals surface area contributed by atoms with E-state index in [9.17, 15) is 14.4 Å². The lowest BCUT2D eigenvalue weighted by atomic mass is 10.1. The van der Waals surface area contributed by atoms with Crippen LogP contribution in [0.2, 0.25) is 0 Å². The molecule has 1 N–H and O–H groups in total. The molecular formula is C20H21N3O4. The van der Waals surface area contributed by atoms with Gasteiger partial charge in [0.1, 0.15) is 0 Å². The molecule has 2 amide bonds. The van der Waals surface area contributed by atoms with Crippen LogP contribution in [0.15, 0.2) is 54.6 Å². The van der Waals surface area contributed by atoms with Gasteiger partial charge >= 0.3 is 5.97 Å². The van der Waals surface area contributed by atoms with Crippen molar-refractivity contribution in [1.29, 1.82) is 0 Å². The maximum absolute atomic E-state index is 12.3. The fourth-order valence-electron chi connectivity index (χ4n) is 3.05. The van der Waals surface area contributed by atoms with Crippen LogP contribution in [0, 0.1) is 5.92 Å². The summed E-state index contributed by atoms with van der Waals surface area (Å²) in [6.45, 7) is 0.754. The summed E-state index contributed by atoms with van der Waals surface area (Å²) in [4.78, 5) is 37.1. The number of hydrazine groups is 1. The van der Waals surface area contributed by atoms with Gasteiger partial charge in [0, 0.05) is 25.2 Å². The van der Waals surface area contributed by atoms with Crippen LogP contribution in [-0.2, 0) is 25.7 Å². The molecule has 1 saturated heterocycles. The smallest absolute Gasteiger partial charge is 0.311 e. The Balaban J connectivity index is 1.73. The lowest BCUT2D eigenvalue weighted by Crippen LogP contribution is -2.36. The van der Waals surface area contributed by atoms with Gasteiger partial charge in [0.2, 0.25) is 12.3 Å². The largest absolute Gasteiger partial charge is 0.469 e. The summed E-state index contributed by atoms with van der Waals surface area (Å²) >= 11 is 0. The van der Waals surface area contributed by atoms with E-state index in [1.807, 2.05) is 30.3 Å². The molecule has 1 heterocycles. The average molecular weight is 367 g/mol. The number of hydrogen-bond donors (Lipinski definition) is 1. The van der Waals surface area contributed by atoms with Crippen molar-refractivity contribution in [1.82, 2.24) is 5.43 Å². The van der Waals surface area contributed by atoms with Gasteiger partial charge in [0.25, 0.3) is 0 Å². The molecule has 27 heavy (non-hydrogen) atoms. The predicted octanol–water partition coefficient (Wildman–Crippen LogP) is 1.88. The monoisotopic (exact) mass is 367 g/mol. The predicted molar refractivity (Wildman–Crippen MR) is 101 cm³/mol. The average Bonchev–Trinajstić information content (AvgIpc) is 3.10. The summed E-state index contributed by atoms with van der Waals surface area (Å²) in [5, 5.41) is 1.37. The zero-order chi connectivity index (χ0) is 19.2. The number of esters is 1. The first-order chi connectivity index (χ1) is 13.1. The third-order valence-corrected chi connectivity index (χ3v) is 4.48. The van der Waals surface area contributed by atoms with Crippen LogP contribution in [0.4, 0.5) is 11.4 Å². The molecule has 2 aromatic carbocycles. The number of nitrogens with one attached hydrogen (secondary N) is 1. The van der Waals surface area contributed by atoms with Gasteiger partial charge in [0.15, 0.2) is 0 Å². The van der Waals surface area contributed by atoms with Gasteiger partial charge in [-0.2, -0.15) is 0 Å². The van der Waals surface area contributed by atoms with Crippen LogP contribution in [0.25, 0.3) is 0 Å². The minimum Gasteiger partial charge on any atom is -0.469 e. The highest BCUT2D eigenvalue weighted by Crippen LogP contribution is 2.28. The third-order valence-electron chi connectivity index (χ3n) is 4.48. The summed E-state index contributed by atoms with van der Waals surface area (Å²) in [6, 6.07) is 16.8.